The number of rotatable bonds is 4. The summed E-state index contributed by atoms with van der Waals surface area (Å²) in [6.07, 6.45) is 0.225. The number of dihydropyridines is 1. The van der Waals surface area contributed by atoms with E-state index in [-0.39, 0.29) is 17.8 Å². The summed E-state index contributed by atoms with van der Waals surface area (Å²) in [6, 6.07) is 7.68. The van der Waals surface area contributed by atoms with Crippen molar-refractivity contribution in [2.45, 2.75) is 53.1 Å². The van der Waals surface area contributed by atoms with Crippen molar-refractivity contribution in [3.8, 4) is 0 Å². The minimum Gasteiger partial charge on any atom is -0.468 e. The van der Waals surface area contributed by atoms with Crippen LogP contribution in [0, 0.1) is 18.8 Å². The summed E-state index contributed by atoms with van der Waals surface area (Å²) in [5.41, 5.74) is 4.11. The molecule has 0 saturated carbocycles. The summed E-state index contributed by atoms with van der Waals surface area (Å²) < 4.78 is 10.4. The molecule has 0 amide bonds. The normalized spacial score (nSPS) is 23.8. The molecule has 3 rings (SSSR count). The molecule has 0 bridgehead atoms. The van der Waals surface area contributed by atoms with Gasteiger partial charge in [-0.1, -0.05) is 31.2 Å². The van der Waals surface area contributed by atoms with E-state index in [2.05, 4.69) is 5.32 Å². The number of hydrogen-bond acceptors (Lipinski definition) is 6. The molecule has 1 aliphatic carbocycles. The number of esters is 2. The number of nitrogens with one attached hydrogen (secondary N) is 1. The van der Waals surface area contributed by atoms with Crippen LogP contribution in [0.3, 0.4) is 0 Å². The Morgan fingerprint density at radius 2 is 1.83 bits per heavy atom. The summed E-state index contributed by atoms with van der Waals surface area (Å²) in [5, 5.41) is 3.27. The molecule has 6 heteroatoms. The van der Waals surface area contributed by atoms with Crippen molar-refractivity contribution < 1.29 is 23.9 Å². The van der Waals surface area contributed by atoms with E-state index in [1.54, 1.807) is 13.8 Å². The predicted molar refractivity (Wildman–Crippen MR) is 112 cm³/mol. The van der Waals surface area contributed by atoms with Crippen molar-refractivity contribution in [3.05, 3.63) is 57.9 Å². The molecule has 0 saturated heterocycles. The number of methoxy groups -OCH3 is 1. The first-order valence-electron chi connectivity index (χ1n) is 10.3. The third kappa shape index (κ3) is 3.78. The molecular weight excluding hydrogens is 382 g/mol. The highest BCUT2D eigenvalue weighted by atomic mass is 16.5. The van der Waals surface area contributed by atoms with Crippen LogP contribution in [0.2, 0.25) is 0 Å². The van der Waals surface area contributed by atoms with E-state index in [0.717, 1.165) is 16.8 Å². The van der Waals surface area contributed by atoms with E-state index in [1.807, 2.05) is 45.0 Å². The van der Waals surface area contributed by atoms with Gasteiger partial charge in [-0.2, -0.15) is 0 Å². The second-order valence-electron chi connectivity index (χ2n) is 8.35. The Hall–Kier alpha value is -2.89. The molecule has 0 radical (unpaired) electrons. The van der Waals surface area contributed by atoms with E-state index >= 15 is 0 Å². The van der Waals surface area contributed by atoms with Gasteiger partial charge in [0, 0.05) is 22.9 Å². The van der Waals surface area contributed by atoms with Gasteiger partial charge in [0.1, 0.15) is 5.92 Å². The van der Waals surface area contributed by atoms with Crippen LogP contribution in [0.5, 0.6) is 0 Å². The fourth-order valence-corrected chi connectivity index (χ4v) is 4.45. The molecule has 1 aromatic rings. The van der Waals surface area contributed by atoms with Crippen molar-refractivity contribution in [3.63, 3.8) is 0 Å². The number of carbonyl (C=O) groups is 3. The van der Waals surface area contributed by atoms with E-state index in [9.17, 15) is 14.4 Å². The summed E-state index contributed by atoms with van der Waals surface area (Å²) in [5.74, 6) is -2.98. The molecule has 1 aromatic carbocycles. The first-order valence-corrected chi connectivity index (χ1v) is 10.3. The molecule has 0 unspecified atom stereocenters. The molecule has 6 nitrogen and oxygen atoms in total. The number of hydrogen-bond donors (Lipinski definition) is 1. The van der Waals surface area contributed by atoms with Gasteiger partial charge in [-0.3, -0.25) is 9.59 Å². The third-order valence-electron chi connectivity index (χ3n) is 5.81. The fraction of sp³-hybridized carbons (Fsp3) is 0.458. The SMILES string of the molecule is COC(=O)[C@@H]1C(=O)C2=C(C[C@@H]1C)NC(C)=C(C(=O)OC(C)C)[C@H]2c1ccccc1C. The summed E-state index contributed by atoms with van der Waals surface area (Å²) in [6.45, 7) is 9.23. The molecule has 1 N–H and O–H groups in total. The Kier molecular flexibility index (Phi) is 6.15. The highest BCUT2D eigenvalue weighted by molar-refractivity contribution is 6.12. The smallest absolute Gasteiger partial charge is 0.337 e. The summed E-state index contributed by atoms with van der Waals surface area (Å²) >= 11 is 0. The second-order valence-corrected chi connectivity index (χ2v) is 8.35. The molecular formula is C24H29NO5. The van der Waals surface area contributed by atoms with Crippen molar-refractivity contribution >= 4 is 17.7 Å². The molecule has 0 fully saturated rings. The van der Waals surface area contributed by atoms with E-state index in [1.165, 1.54) is 7.11 Å². The van der Waals surface area contributed by atoms with Gasteiger partial charge in [-0.25, -0.2) is 4.79 Å². The van der Waals surface area contributed by atoms with Crippen LogP contribution < -0.4 is 5.32 Å². The number of Topliss-reactive ketones (excluding diaryl/α,β-unsaturated/α-hetero) is 1. The van der Waals surface area contributed by atoms with Gasteiger partial charge < -0.3 is 14.8 Å². The fourth-order valence-electron chi connectivity index (χ4n) is 4.45. The van der Waals surface area contributed by atoms with Crippen LogP contribution in [-0.2, 0) is 23.9 Å². The third-order valence-corrected chi connectivity index (χ3v) is 5.81. The van der Waals surface area contributed by atoms with Crippen LogP contribution in [0.15, 0.2) is 46.8 Å². The molecule has 1 heterocycles. The summed E-state index contributed by atoms with van der Waals surface area (Å²) in [7, 11) is 1.29. The number of carbonyl (C=O) groups excluding carboxylic acids is 3. The minimum absolute atomic E-state index is 0.203. The zero-order valence-corrected chi connectivity index (χ0v) is 18.4. The lowest BCUT2D eigenvalue weighted by Crippen LogP contribution is -2.43. The number of aryl methyl sites for hydroxylation is 1. The average molecular weight is 411 g/mol. The van der Waals surface area contributed by atoms with Gasteiger partial charge in [0.2, 0.25) is 0 Å². The van der Waals surface area contributed by atoms with Crippen LogP contribution in [0.1, 0.15) is 51.2 Å². The van der Waals surface area contributed by atoms with Gasteiger partial charge in [0.05, 0.1) is 18.8 Å². The van der Waals surface area contributed by atoms with Crippen LogP contribution in [0.4, 0.5) is 0 Å². The molecule has 0 spiro atoms. The van der Waals surface area contributed by atoms with Gasteiger partial charge >= 0.3 is 11.9 Å². The lowest BCUT2D eigenvalue weighted by atomic mass is 9.68. The number of allylic oxidation sites excluding steroid dienone is 3. The average Bonchev–Trinajstić information content (AvgIpc) is 2.66. The first-order chi connectivity index (χ1) is 14.2. The Morgan fingerprint density at radius 1 is 1.17 bits per heavy atom. The lowest BCUT2D eigenvalue weighted by Gasteiger charge is -2.38. The molecule has 1 aliphatic heterocycles. The molecule has 30 heavy (non-hydrogen) atoms. The largest absolute Gasteiger partial charge is 0.468 e. The molecule has 0 aromatic heterocycles. The Labute approximate surface area is 177 Å². The number of ketones is 1. The van der Waals surface area contributed by atoms with E-state index in [4.69, 9.17) is 9.47 Å². The van der Waals surface area contributed by atoms with Crippen molar-refractivity contribution in [2.24, 2.45) is 11.8 Å². The van der Waals surface area contributed by atoms with Crippen LogP contribution in [-0.4, -0.2) is 30.9 Å². The van der Waals surface area contributed by atoms with Gasteiger partial charge in [0.15, 0.2) is 5.78 Å². The Bertz CT molecular complexity index is 956. The predicted octanol–water partition coefficient (Wildman–Crippen LogP) is 3.56. The maximum Gasteiger partial charge on any atom is 0.337 e. The standard InChI is InChI=1S/C24H29NO5/c1-12(2)30-24(28)19-15(5)25-17-11-14(4)18(23(27)29-6)22(26)21(17)20(19)16-10-8-7-9-13(16)3/h7-10,12,14,18,20,25H,11H2,1-6H3/t14-,18-,20+/m0/s1. The van der Waals surface area contributed by atoms with E-state index < -0.39 is 23.8 Å². The second kappa shape index (κ2) is 8.46. The van der Waals surface area contributed by atoms with Crippen molar-refractivity contribution in [1.82, 2.24) is 5.32 Å². The Balaban J connectivity index is 2.21. The van der Waals surface area contributed by atoms with Gasteiger partial charge in [0.25, 0.3) is 0 Å². The highest BCUT2D eigenvalue weighted by Crippen LogP contribution is 2.46. The van der Waals surface area contributed by atoms with Crippen molar-refractivity contribution in [2.75, 3.05) is 7.11 Å². The summed E-state index contributed by atoms with van der Waals surface area (Å²) in [4.78, 5) is 39.1. The van der Waals surface area contributed by atoms with Crippen LogP contribution >= 0.6 is 0 Å². The zero-order chi connectivity index (χ0) is 22.2. The Morgan fingerprint density at radius 3 is 2.43 bits per heavy atom. The lowest BCUT2D eigenvalue weighted by molar-refractivity contribution is -0.151. The zero-order valence-electron chi connectivity index (χ0n) is 18.4. The van der Waals surface area contributed by atoms with Gasteiger partial charge in [-0.15, -0.1) is 0 Å². The maximum atomic E-state index is 13.6. The van der Waals surface area contributed by atoms with E-state index in [0.29, 0.717) is 23.3 Å². The number of benzene rings is 1. The maximum absolute atomic E-state index is 13.6. The minimum atomic E-state index is -0.886. The topological polar surface area (TPSA) is 81.7 Å². The number of ether oxygens (including phenoxy) is 2. The molecule has 3 atom stereocenters. The highest BCUT2D eigenvalue weighted by Gasteiger charge is 2.47. The van der Waals surface area contributed by atoms with Crippen molar-refractivity contribution in [1.29, 1.82) is 0 Å². The molecule has 2 aliphatic rings. The molecule has 160 valence electrons. The van der Waals surface area contributed by atoms with Crippen LogP contribution in [0.25, 0.3) is 0 Å². The monoisotopic (exact) mass is 411 g/mol. The quantitative estimate of drug-likeness (QED) is 0.603. The van der Waals surface area contributed by atoms with Gasteiger partial charge in [-0.05, 0) is 51.2 Å². The first kappa shape index (κ1) is 21.8.